The number of hydrogen-bond donors (Lipinski definition) is 1. The van der Waals surface area contributed by atoms with Gasteiger partial charge in [0.25, 0.3) is 0 Å². The Labute approximate surface area is 87.6 Å². The topological polar surface area (TPSA) is 95.5 Å². The van der Waals surface area contributed by atoms with Crippen LogP contribution in [0.4, 0.5) is 0 Å². The third kappa shape index (κ3) is 6.48. The summed E-state index contributed by atoms with van der Waals surface area (Å²) in [5.41, 5.74) is 0. The van der Waals surface area contributed by atoms with Crippen LogP contribution in [-0.4, -0.2) is 30.5 Å². The van der Waals surface area contributed by atoms with E-state index in [4.69, 9.17) is 0 Å². The molecule has 1 amide bonds. The number of carboxylic acids is 1. The van der Waals surface area contributed by atoms with Crippen LogP contribution in [-0.2, 0) is 19.1 Å². The van der Waals surface area contributed by atoms with Crippen LogP contribution in [0, 0.1) is 0 Å². The third-order valence-corrected chi connectivity index (χ3v) is 1.60. The zero-order valence-corrected chi connectivity index (χ0v) is 8.74. The van der Waals surface area contributed by atoms with Gasteiger partial charge in [-0.2, -0.15) is 0 Å². The first-order valence-corrected chi connectivity index (χ1v) is 4.61. The van der Waals surface area contributed by atoms with Crippen molar-refractivity contribution in [2.45, 2.75) is 32.7 Å². The molecule has 0 bridgehead atoms. The lowest BCUT2D eigenvalue weighted by molar-refractivity contribution is -0.308. The Morgan fingerprint density at radius 3 is 2.40 bits per heavy atom. The van der Waals surface area contributed by atoms with E-state index in [1.165, 1.54) is 6.92 Å². The molecule has 6 nitrogen and oxygen atoms in total. The van der Waals surface area contributed by atoms with E-state index in [0.29, 0.717) is 0 Å². The van der Waals surface area contributed by atoms with Gasteiger partial charge in [0.15, 0.2) is 0 Å². The first-order valence-electron chi connectivity index (χ1n) is 4.61. The molecule has 0 aromatic heterocycles. The molecule has 0 saturated carbocycles. The smallest absolute Gasteiger partial charge is 0.305 e. The first kappa shape index (κ1) is 13.4. The van der Waals surface area contributed by atoms with Crippen LogP contribution < -0.4 is 10.4 Å². The summed E-state index contributed by atoms with van der Waals surface area (Å²) in [5, 5.41) is 12.7. The minimum Gasteiger partial charge on any atom is -0.548 e. The second kappa shape index (κ2) is 6.80. The molecule has 86 valence electrons. The van der Waals surface area contributed by atoms with Crippen LogP contribution in [0.3, 0.4) is 0 Å². The monoisotopic (exact) mass is 216 g/mol. The molecule has 0 spiro atoms. The van der Waals surface area contributed by atoms with Gasteiger partial charge in [0.1, 0.15) is 0 Å². The summed E-state index contributed by atoms with van der Waals surface area (Å²) in [5.74, 6) is -2.38. The second-order valence-electron chi connectivity index (χ2n) is 2.92. The van der Waals surface area contributed by atoms with Gasteiger partial charge < -0.3 is 20.0 Å². The SMILES string of the molecule is CCOC(=O)CC[C@H](NC(C)=O)C(=O)[O-]. The fraction of sp³-hybridized carbons (Fsp3) is 0.667. The van der Waals surface area contributed by atoms with E-state index in [0.717, 1.165) is 0 Å². The Balaban J connectivity index is 4.01. The zero-order chi connectivity index (χ0) is 11.8. The van der Waals surface area contributed by atoms with Crippen molar-refractivity contribution >= 4 is 17.8 Å². The molecule has 1 atom stereocenters. The van der Waals surface area contributed by atoms with E-state index < -0.39 is 23.9 Å². The summed E-state index contributed by atoms with van der Waals surface area (Å²) in [6.07, 6.45) is -0.0898. The van der Waals surface area contributed by atoms with Crippen LogP contribution in [0.15, 0.2) is 0 Å². The Hall–Kier alpha value is -1.59. The fourth-order valence-corrected chi connectivity index (χ4v) is 0.990. The van der Waals surface area contributed by atoms with Crippen LogP contribution >= 0.6 is 0 Å². The first-order chi connectivity index (χ1) is 6.97. The molecular weight excluding hydrogens is 202 g/mol. The van der Waals surface area contributed by atoms with E-state index >= 15 is 0 Å². The van der Waals surface area contributed by atoms with Crippen molar-refractivity contribution in [3.05, 3.63) is 0 Å². The number of hydrogen-bond acceptors (Lipinski definition) is 5. The number of aliphatic carboxylic acids is 1. The van der Waals surface area contributed by atoms with Crippen molar-refractivity contribution in [1.82, 2.24) is 5.32 Å². The number of esters is 1. The number of carboxylic acid groups (broad SMARTS) is 1. The molecule has 0 aliphatic rings. The summed E-state index contributed by atoms with van der Waals surface area (Å²) in [6, 6.07) is -1.15. The lowest BCUT2D eigenvalue weighted by Gasteiger charge is -2.17. The molecule has 0 aromatic rings. The highest BCUT2D eigenvalue weighted by atomic mass is 16.5. The van der Waals surface area contributed by atoms with Gasteiger partial charge in [-0.15, -0.1) is 0 Å². The Morgan fingerprint density at radius 2 is 2.00 bits per heavy atom. The van der Waals surface area contributed by atoms with Gasteiger partial charge in [0.2, 0.25) is 5.91 Å². The second-order valence-corrected chi connectivity index (χ2v) is 2.92. The Morgan fingerprint density at radius 1 is 1.40 bits per heavy atom. The van der Waals surface area contributed by atoms with Crippen molar-refractivity contribution < 1.29 is 24.2 Å². The van der Waals surface area contributed by atoms with Crippen LogP contribution in [0.1, 0.15) is 26.7 Å². The quantitative estimate of drug-likeness (QED) is 0.550. The zero-order valence-electron chi connectivity index (χ0n) is 8.74. The standard InChI is InChI=1S/C9H15NO5/c1-3-15-8(12)5-4-7(9(13)14)10-6(2)11/h7H,3-5H2,1-2H3,(H,10,11)(H,13,14)/p-1/t7-/m0/s1. The minimum absolute atomic E-state index is 0.0270. The molecule has 0 heterocycles. The molecule has 0 fully saturated rings. The average Bonchev–Trinajstić information content (AvgIpc) is 2.11. The maximum absolute atomic E-state index is 10.9. The average molecular weight is 216 g/mol. The molecule has 0 unspecified atom stereocenters. The number of nitrogens with one attached hydrogen (secondary N) is 1. The van der Waals surface area contributed by atoms with Crippen molar-refractivity contribution in [2.24, 2.45) is 0 Å². The van der Waals surface area contributed by atoms with Crippen LogP contribution in [0.25, 0.3) is 0 Å². The van der Waals surface area contributed by atoms with Crippen LogP contribution in [0.2, 0.25) is 0 Å². The Bertz CT molecular complexity index is 251. The van der Waals surface area contributed by atoms with Gasteiger partial charge >= 0.3 is 5.97 Å². The predicted octanol–water partition coefficient (Wildman–Crippen LogP) is -1.42. The summed E-state index contributed by atoms with van der Waals surface area (Å²) in [7, 11) is 0. The number of amides is 1. The predicted molar refractivity (Wildman–Crippen MR) is 48.5 cm³/mol. The van der Waals surface area contributed by atoms with E-state index in [1.807, 2.05) is 0 Å². The molecule has 1 N–H and O–H groups in total. The van der Waals surface area contributed by atoms with Crippen molar-refractivity contribution in [2.75, 3.05) is 6.61 Å². The third-order valence-electron chi connectivity index (χ3n) is 1.60. The van der Waals surface area contributed by atoms with Gasteiger partial charge in [0, 0.05) is 13.3 Å². The van der Waals surface area contributed by atoms with E-state index in [2.05, 4.69) is 10.1 Å². The molecule has 6 heteroatoms. The van der Waals surface area contributed by atoms with E-state index in [-0.39, 0.29) is 19.4 Å². The summed E-state index contributed by atoms with van der Waals surface area (Å²) >= 11 is 0. The molecule has 0 saturated heterocycles. The molecule has 0 aromatic carbocycles. The summed E-state index contributed by atoms with van der Waals surface area (Å²) in [6.45, 7) is 3.09. The summed E-state index contributed by atoms with van der Waals surface area (Å²) in [4.78, 5) is 32.0. The molecule has 0 aliphatic carbocycles. The van der Waals surface area contributed by atoms with Gasteiger partial charge in [-0.25, -0.2) is 0 Å². The Kier molecular flexibility index (Phi) is 6.08. The lowest BCUT2D eigenvalue weighted by Crippen LogP contribution is -2.47. The molecule has 15 heavy (non-hydrogen) atoms. The molecule has 0 rings (SSSR count). The maximum atomic E-state index is 10.9. The molecule has 0 radical (unpaired) electrons. The van der Waals surface area contributed by atoms with E-state index in [1.54, 1.807) is 6.92 Å². The van der Waals surface area contributed by atoms with Gasteiger partial charge in [-0.05, 0) is 13.3 Å². The van der Waals surface area contributed by atoms with Crippen molar-refractivity contribution in [1.29, 1.82) is 0 Å². The van der Waals surface area contributed by atoms with E-state index in [9.17, 15) is 19.5 Å². The molecular formula is C9H14NO5-. The number of rotatable bonds is 6. The largest absolute Gasteiger partial charge is 0.548 e. The highest BCUT2D eigenvalue weighted by Crippen LogP contribution is 1.98. The lowest BCUT2D eigenvalue weighted by atomic mass is 10.1. The normalized spacial score (nSPS) is 11.6. The fourth-order valence-electron chi connectivity index (χ4n) is 0.990. The number of carbonyl (C=O) groups is 3. The van der Waals surface area contributed by atoms with Crippen molar-refractivity contribution in [3.63, 3.8) is 0 Å². The minimum atomic E-state index is -1.41. The van der Waals surface area contributed by atoms with Gasteiger partial charge in [0.05, 0.1) is 18.6 Å². The van der Waals surface area contributed by atoms with Gasteiger partial charge in [-0.3, -0.25) is 9.59 Å². The highest BCUT2D eigenvalue weighted by Gasteiger charge is 2.13. The number of ether oxygens (including phenoxy) is 1. The van der Waals surface area contributed by atoms with Crippen molar-refractivity contribution in [3.8, 4) is 0 Å². The highest BCUT2D eigenvalue weighted by molar-refractivity contribution is 5.81. The molecule has 0 aliphatic heterocycles. The number of carbonyl (C=O) groups excluding carboxylic acids is 3. The van der Waals surface area contributed by atoms with Crippen LogP contribution in [0.5, 0.6) is 0 Å². The summed E-state index contributed by atoms with van der Waals surface area (Å²) < 4.78 is 4.61. The van der Waals surface area contributed by atoms with Gasteiger partial charge in [-0.1, -0.05) is 0 Å². The maximum Gasteiger partial charge on any atom is 0.305 e.